The van der Waals surface area contributed by atoms with Gasteiger partial charge in [0.05, 0.1) is 6.42 Å². The summed E-state index contributed by atoms with van der Waals surface area (Å²) in [5.74, 6) is -2.07. The van der Waals surface area contributed by atoms with E-state index in [0.29, 0.717) is 13.1 Å². The number of nitrogens with two attached hydrogens (primary N) is 1. The minimum absolute atomic E-state index is 0.227. The van der Waals surface area contributed by atoms with Crippen LogP contribution in [-0.4, -0.2) is 48.8 Å². The highest BCUT2D eigenvalue weighted by Crippen LogP contribution is 2.18. The average Bonchev–Trinajstić information content (AvgIpc) is 2.27. The van der Waals surface area contributed by atoms with Gasteiger partial charge in [0.2, 0.25) is 5.91 Å². The first kappa shape index (κ1) is 15.9. The van der Waals surface area contributed by atoms with E-state index in [-0.39, 0.29) is 5.92 Å². The zero-order chi connectivity index (χ0) is 14.6. The van der Waals surface area contributed by atoms with Crippen LogP contribution in [-0.2, 0) is 19.8 Å². The van der Waals surface area contributed by atoms with Crippen LogP contribution in [0.25, 0.3) is 0 Å². The number of primary amides is 1. The molecule has 8 nitrogen and oxygen atoms in total. The number of carbonyl (C=O) groups excluding carboxylic acids is 1. The van der Waals surface area contributed by atoms with E-state index < -0.39 is 34.5 Å². The molecule has 110 valence electrons. The van der Waals surface area contributed by atoms with Crippen molar-refractivity contribution in [3.05, 3.63) is 0 Å². The molecule has 0 aromatic rings. The predicted molar refractivity (Wildman–Crippen MR) is 67.3 cm³/mol. The number of amides is 1. The van der Waals surface area contributed by atoms with Gasteiger partial charge in [0.15, 0.2) is 0 Å². The first-order valence-electron chi connectivity index (χ1n) is 6.01. The number of nitrogens with one attached hydrogen (secondary N) is 1. The molecule has 0 aromatic heterocycles. The van der Waals surface area contributed by atoms with Crippen molar-refractivity contribution >= 4 is 22.1 Å². The maximum absolute atomic E-state index is 12.0. The minimum Gasteiger partial charge on any atom is -0.480 e. The quantitative estimate of drug-likeness (QED) is 0.571. The van der Waals surface area contributed by atoms with Crippen molar-refractivity contribution in [1.29, 1.82) is 0 Å². The van der Waals surface area contributed by atoms with Crippen LogP contribution in [0.15, 0.2) is 0 Å². The standard InChI is InChI=1S/C10H19N3O5S/c1-7-3-2-4-13(6-7)19(17,18)12-8(10(15)16)5-9(11)14/h7-8,12H,2-6H2,1H3,(H2,11,14)(H,15,16)/t7?,8-/m0/s1. The molecule has 1 unspecified atom stereocenters. The Morgan fingerprint density at radius 2 is 2.16 bits per heavy atom. The molecule has 1 aliphatic rings. The molecule has 1 aliphatic heterocycles. The maximum atomic E-state index is 12.0. The molecule has 9 heteroatoms. The van der Waals surface area contributed by atoms with Crippen LogP contribution in [0.1, 0.15) is 26.2 Å². The van der Waals surface area contributed by atoms with E-state index >= 15 is 0 Å². The van der Waals surface area contributed by atoms with Crippen molar-refractivity contribution in [2.24, 2.45) is 11.7 Å². The van der Waals surface area contributed by atoms with Gasteiger partial charge in [0, 0.05) is 13.1 Å². The first-order chi connectivity index (χ1) is 8.72. The van der Waals surface area contributed by atoms with Gasteiger partial charge in [-0.2, -0.15) is 17.4 Å². The molecule has 1 fully saturated rings. The van der Waals surface area contributed by atoms with Gasteiger partial charge < -0.3 is 10.8 Å². The molecule has 0 aliphatic carbocycles. The highest BCUT2D eigenvalue weighted by Gasteiger charge is 2.32. The normalized spacial score (nSPS) is 22.9. The third kappa shape index (κ3) is 4.77. The Hall–Kier alpha value is -1.19. The zero-order valence-corrected chi connectivity index (χ0v) is 11.5. The summed E-state index contributed by atoms with van der Waals surface area (Å²) in [6, 6.07) is -1.53. The van der Waals surface area contributed by atoms with Gasteiger partial charge >= 0.3 is 5.97 Å². The fraction of sp³-hybridized carbons (Fsp3) is 0.800. The smallest absolute Gasteiger partial charge is 0.322 e. The maximum Gasteiger partial charge on any atom is 0.322 e. The summed E-state index contributed by atoms with van der Waals surface area (Å²) in [4.78, 5) is 21.6. The number of rotatable bonds is 6. The Labute approximate surface area is 112 Å². The van der Waals surface area contributed by atoms with Crippen LogP contribution in [0, 0.1) is 5.92 Å². The Kier molecular flexibility index (Phi) is 5.27. The second-order valence-corrected chi connectivity index (χ2v) is 6.49. The number of carboxylic acids is 1. The monoisotopic (exact) mass is 293 g/mol. The summed E-state index contributed by atoms with van der Waals surface area (Å²) in [6.07, 6.45) is 1.10. The number of hydrogen-bond donors (Lipinski definition) is 3. The lowest BCUT2D eigenvalue weighted by molar-refractivity contribution is -0.140. The van der Waals surface area contributed by atoms with Gasteiger partial charge in [-0.25, -0.2) is 0 Å². The van der Waals surface area contributed by atoms with Crippen LogP contribution in [0.3, 0.4) is 0 Å². The summed E-state index contributed by atoms with van der Waals surface area (Å²) >= 11 is 0. The summed E-state index contributed by atoms with van der Waals surface area (Å²) in [7, 11) is -3.91. The van der Waals surface area contributed by atoms with E-state index in [1.54, 1.807) is 0 Å². The molecule has 1 rings (SSSR count). The van der Waals surface area contributed by atoms with Crippen LogP contribution < -0.4 is 10.5 Å². The van der Waals surface area contributed by atoms with Crippen molar-refractivity contribution in [3.63, 3.8) is 0 Å². The van der Waals surface area contributed by atoms with Gasteiger partial charge in [-0.3, -0.25) is 9.59 Å². The summed E-state index contributed by atoms with van der Waals surface area (Å²) in [5.41, 5.74) is 4.90. The Morgan fingerprint density at radius 1 is 1.53 bits per heavy atom. The number of hydrogen-bond acceptors (Lipinski definition) is 4. The van der Waals surface area contributed by atoms with E-state index in [4.69, 9.17) is 10.8 Å². The third-order valence-corrected chi connectivity index (χ3v) is 4.55. The topological polar surface area (TPSA) is 130 Å². The number of piperidine rings is 1. The number of nitrogens with zero attached hydrogens (tertiary/aromatic N) is 1. The molecule has 1 heterocycles. The molecule has 1 amide bonds. The molecule has 19 heavy (non-hydrogen) atoms. The van der Waals surface area contributed by atoms with Crippen LogP contribution in [0.2, 0.25) is 0 Å². The van der Waals surface area contributed by atoms with Gasteiger partial charge in [-0.15, -0.1) is 0 Å². The van der Waals surface area contributed by atoms with Crippen LogP contribution >= 0.6 is 0 Å². The fourth-order valence-electron chi connectivity index (χ4n) is 2.00. The highest BCUT2D eigenvalue weighted by molar-refractivity contribution is 7.87. The SMILES string of the molecule is CC1CCCN(S(=O)(=O)N[C@@H](CC(N)=O)C(=O)O)C1. The number of carbonyl (C=O) groups is 2. The molecule has 0 spiro atoms. The van der Waals surface area contributed by atoms with E-state index in [0.717, 1.165) is 12.8 Å². The van der Waals surface area contributed by atoms with Gasteiger partial charge in [-0.05, 0) is 18.8 Å². The number of aliphatic carboxylic acids is 1. The highest BCUT2D eigenvalue weighted by atomic mass is 32.2. The van der Waals surface area contributed by atoms with Gasteiger partial charge in [0.25, 0.3) is 10.2 Å². The molecule has 0 saturated carbocycles. The lowest BCUT2D eigenvalue weighted by Crippen LogP contribution is -2.51. The summed E-state index contributed by atoms with van der Waals surface area (Å²) in [5, 5.41) is 8.88. The first-order valence-corrected chi connectivity index (χ1v) is 7.45. The Balaban J connectivity index is 2.75. The zero-order valence-electron chi connectivity index (χ0n) is 10.7. The summed E-state index contributed by atoms with van der Waals surface area (Å²) < 4.78 is 27.3. The van der Waals surface area contributed by atoms with Crippen LogP contribution in [0.5, 0.6) is 0 Å². The van der Waals surface area contributed by atoms with Gasteiger partial charge in [0.1, 0.15) is 6.04 Å². The second-order valence-electron chi connectivity index (χ2n) is 4.79. The molecule has 4 N–H and O–H groups in total. The van der Waals surface area contributed by atoms with Crippen molar-refractivity contribution in [3.8, 4) is 0 Å². The van der Waals surface area contributed by atoms with Crippen molar-refractivity contribution in [2.75, 3.05) is 13.1 Å². The van der Waals surface area contributed by atoms with E-state index in [9.17, 15) is 18.0 Å². The molecule has 0 bridgehead atoms. The second kappa shape index (κ2) is 6.31. The fourth-order valence-corrected chi connectivity index (χ4v) is 3.51. The Bertz CT molecular complexity index is 450. The third-order valence-electron chi connectivity index (χ3n) is 2.95. The van der Waals surface area contributed by atoms with Crippen molar-refractivity contribution in [2.45, 2.75) is 32.2 Å². The lowest BCUT2D eigenvalue weighted by Gasteiger charge is -2.30. The van der Waals surface area contributed by atoms with Crippen LogP contribution in [0.4, 0.5) is 0 Å². The largest absolute Gasteiger partial charge is 0.480 e. The molecule has 0 aromatic carbocycles. The molecule has 0 radical (unpaired) electrons. The summed E-state index contributed by atoms with van der Waals surface area (Å²) in [6.45, 7) is 2.63. The molecular weight excluding hydrogens is 274 g/mol. The molecule has 2 atom stereocenters. The number of carboxylic acid groups (broad SMARTS) is 1. The van der Waals surface area contributed by atoms with Crippen molar-refractivity contribution in [1.82, 2.24) is 9.03 Å². The van der Waals surface area contributed by atoms with E-state index in [1.165, 1.54) is 4.31 Å². The average molecular weight is 293 g/mol. The Morgan fingerprint density at radius 3 is 2.63 bits per heavy atom. The van der Waals surface area contributed by atoms with E-state index in [1.807, 2.05) is 11.6 Å². The molecular formula is C10H19N3O5S. The predicted octanol–water partition coefficient (Wildman–Crippen LogP) is -1.12. The van der Waals surface area contributed by atoms with Gasteiger partial charge in [-0.1, -0.05) is 6.92 Å². The minimum atomic E-state index is -3.91. The lowest BCUT2D eigenvalue weighted by atomic mass is 10.0. The molecule has 1 saturated heterocycles. The van der Waals surface area contributed by atoms with Crippen molar-refractivity contribution < 1.29 is 23.1 Å². The van der Waals surface area contributed by atoms with E-state index in [2.05, 4.69) is 0 Å².